The van der Waals surface area contributed by atoms with Gasteiger partial charge in [0.2, 0.25) is 0 Å². The summed E-state index contributed by atoms with van der Waals surface area (Å²) in [6.07, 6.45) is -7.41. The fourth-order valence-corrected chi connectivity index (χ4v) is 1.21. The predicted octanol–water partition coefficient (Wildman–Crippen LogP) is -1.19. The first-order valence-electron chi connectivity index (χ1n) is 4.05. The smallest absolute Gasteiger partial charge is 0.755 e. The molecule has 0 aliphatic carbocycles. The Morgan fingerprint density at radius 2 is 1.78 bits per heavy atom. The Labute approximate surface area is 115 Å². The van der Waals surface area contributed by atoms with Crippen molar-refractivity contribution in [1.29, 1.82) is 0 Å². The quantitative estimate of drug-likeness (QED) is 0.386. The molecule has 1 aromatic carbocycles. The van der Waals surface area contributed by atoms with E-state index in [1.165, 1.54) is 24.3 Å². The molecular formula is C8H5F3LiNO4S. The SMILES string of the molecule is O=C(Oc1ccccc1)N(S(=O)[O-])C(F)(F)F.[Li+]. The second kappa shape index (κ2) is 6.80. The van der Waals surface area contributed by atoms with Crippen molar-refractivity contribution in [2.45, 2.75) is 6.30 Å². The van der Waals surface area contributed by atoms with Gasteiger partial charge in [-0.15, -0.1) is 17.5 Å². The molecule has 0 spiro atoms. The summed E-state index contributed by atoms with van der Waals surface area (Å²) < 4.78 is 59.9. The van der Waals surface area contributed by atoms with Crippen molar-refractivity contribution in [3.05, 3.63) is 30.3 Å². The largest absolute Gasteiger partial charge is 1.00 e. The Kier molecular flexibility index (Phi) is 6.41. The van der Waals surface area contributed by atoms with E-state index in [4.69, 9.17) is 0 Å². The standard InChI is InChI=1S/C8H6F3NO4S.Li/c9-8(10,11)12(17(14)15)7(13)16-6-4-2-1-3-5-6;/h1-5H,(H,14,15);/q;+1/p-1. The molecule has 1 amide bonds. The normalized spacial score (nSPS) is 12.2. The Hall–Kier alpha value is -1.01. The molecule has 1 atom stereocenters. The van der Waals surface area contributed by atoms with Gasteiger partial charge in [-0.05, 0) is 12.1 Å². The Bertz CT molecular complexity index is 428. The third kappa shape index (κ3) is 4.70. The molecule has 1 rings (SSSR count). The third-order valence-electron chi connectivity index (χ3n) is 1.49. The first-order chi connectivity index (χ1) is 7.82. The number of rotatable bonds is 2. The van der Waals surface area contributed by atoms with Gasteiger partial charge >= 0.3 is 31.3 Å². The summed E-state index contributed by atoms with van der Waals surface area (Å²) in [5, 5.41) is 0. The maximum absolute atomic E-state index is 12.2. The average molecular weight is 275 g/mol. The van der Waals surface area contributed by atoms with Gasteiger partial charge in [-0.1, -0.05) is 18.2 Å². The number of halogens is 3. The van der Waals surface area contributed by atoms with E-state index in [1.807, 2.05) is 0 Å². The van der Waals surface area contributed by atoms with Crippen molar-refractivity contribution < 1.29 is 50.3 Å². The molecule has 0 bridgehead atoms. The van der Waals surface area contributed by atoms with Gasteiger partial charge in [0.25, 0.3) is 0 Å². The minimum atomic E-state index is -5.36. The minimum Gasteiger partial charge on any atom is -0.755 e. The van der Waals surface area contributed by atoms with Crippen LogP contribution in [0.15, 0.2) is 30.3 Å². The van der Waals surface area contributed by atoms with Gasteiger partial charge in [-0.2, -0.15) is 0 Å². The van der Waals surface area contributed by atoms with Crippen molar-refractivity contribution in [2.24, 2.45) is 0 Å². The summed E-state index contributed by atoms with van der Waals surface area (Å²) in [6.45, 7) is 0. The van der Waals surface area contributed by atoms with Crippen LogP contribution < -0.4 is 23.6 Å². The number of amides is 1. The zero-order valence-corrected chi connectivity index (χ0v) is 9.83. The molecule has 0 aliphatic heterocycles. The summed E-state index contributed by atoms with van der Waals surface area (Å²) in [7, 11) is 0. The fraction of sp³-hybridized carbons (Fsp3) is 0.125. The molecule has 0 radical (unpaired) electrons. The van der Waals surface area contributed by atoms with Crippen molar-refractivity contribution in [2.75, 3.05) is 0 Å². The topological polar surface area (TPSA) is 69.7 Å². The summed E-state index contributed by atoms with van der Waals surface area (Å²) in [6, 6.07) is 6.79. The van der Waals surface area contributed by atoms with E-state index in [0.29, 0.717) is 0 Å². The molecule has 0 fully saturated rings. The third-order valence-corrected chi connectivity index (χ3v) is 2.15. The number of para-hydroxylation sites is 1. The van der Waals surface area contributed by atoms with Gasteiger partial charge in [0.15, 0.2) is 0 Å². The molecule has 0 N–H and O–H groups in total. The molecule has 94 valence electrons. The first-order valence-corrected chi connectivity index (χ1v) is 5.08. The molecule has 5 nitrogen and oxygen atoms in total. The Morgan fingerprint density at radius 3 is 2.17 bits per heavy atom. The van der Waals surface area contributed by atoms with Gasteiger partial charge in [0, 0.05) is 0 Å². The monoisotopic (exact) mass is 275 g/mol. The molecule has 0 aliphatic rings. The van der Waals surface area contributed by atoms with Crippen LogP contribution in [-0.4, -0.2) is 25.5 Å². The van der Waals surface area contributed by atoms with E-state index in [-0.39, 0.29) is 24.6 Å². The Balaban J connectivity index is 0.00000289. The van der Waals surface area contributed by atoms with Crippen molar-refractivity contribution in [3.63, 3.8) is 0 Å². The number of alkyl halides is 3. The van der Waals surface area contributed by atoms with E-state index >= 15 is 0 Å². The van der Waals surface area contributed by atoms with Crippen LogP contribution in [0, 0.1) is 0 Å². The van der Waals surface area contributed by atoms with Crippen molar-refractivity contribution in [1.82, 2.24) is 4.31 Å². The van der Waals surface area contributed by atoms with Crippen LogP contribution in [0.25, 0.3) is 0 Å². The van der Waals surface area contributed by atoms with Gasteiger partial charge in [0.1, 0.15) is 5.75 Å². The fourth-order valence-electron chi connectivity index (χ4n) is 0.880. The number of carbonyl (C=O) groups is 1. The molecule has 18 heavy (non-hydrogen) atoms. The van der Waals surface area contributed by atoms with Crippen LogP contribution in [0.3, 0.4) is 0 Å². The van der Waals surface area contributed by atoms with E-state index < -0.39 is 28.0 Å². The van der Waals surface area contributed by atoms with Crippen LogP contribution >= 0.6 is 0 Å². The van der Waals surface area contributed by atoms with Gasteiger partial charge in [-0.3, -0.25) is 4.21 Å². The zero-order valence-electron chi connectivity index (χ0n) is 9.01. The minimum absolute atomic E-state index is 0. The summed E-state index contributed by atoms with van der Waals surface area (Å²) in [5.74, 6) is -0.197. The number of hydrogen-bond acceptors (Lipinski definition) is 4. The second-order valence-electron chi connectivity index (χ2n) is 2.66. The van der Waals surface area contributed by atoms with E-state index in [0.717, 1.165) is 0 Å². The van der Waals surface area contributed by atoms with E-state index in [2.05, 4.69) is 4.74 Å². The summed E-state index contributed by atoms with van der Waals surface area (Å²) >= 11 is -3.79. The molecule has 10 heteroatoms. The Morgan fingerprint density at radius 1 is 1.28 bits per heavy atom. The number of nitrogens with zero attached hydrogens (tertiary/aromatic N) is 1. The number of carbonyl (C=O) groups excluding carboxylic acids is 1. The van der Waals surface area contributed by atoms with E-state index in [1.54, 1.807) is 6.07 Å². The van der Waals surface area contributed by atoms with Crippen LogP contribution in [0.1, 0.15) is 0 Å². The number of hydrogen-bond donors (Lipinski definition) is 0. The van der Waals surface area contributed by atoms with E-state index in [9.17, 15) is 26.7 Å². The van der Waals surface area contributed by atoms with Crippen LogP contribution in [-0.2, 0) is 11.3 Å². The summed E-state index contributed by atoms with van der Waals surface area (Å²) in [4.78, 5) is 11.0. The van der Waals surface area contributed by atoms with Crippen molar-refractivity contribution in [3.8, 4) is 5.75 Å². The predicted molar refractivity (Wildman–Crippen MR) is 49.3 cm³/mol. The van der Waals surface area contributed by atoms with Gasteiger partial charge in [-0.25, -0.2) is 4.79 Å². The maximum atomic E-state index is 12.2. The van der Waals surface area contributed by atoms with Gasteiger partial charge in [0.05, 0.1) is 11.3 Å². The molecule has 0 saturated carbocycles. The number of ether oxygens (including phenoxy) is 1. The van der Waals surface area contributed by atoms with Gasteiger partial charge < -0.3 is 9.29 Å². The molecule has 0 aromatic heterocycles. The molecule has 1 aromatic rings. The number of benzene rings is 1. The maximum Gasteiger partial charge on any atom is 1.00 e. The molecular weight excluding hydrogens is 270 g/mol. The second-order valence-corrected chi connectivity index (χ2v) is 3.46. The van der Waals surface area contributed by atoms with Crippen molar-refractivity contribution >= 4 is 17.4 Å². The summed E-state index contributed by atoms with van der Waals surface area (Å²) in [5.41, 5.74) is 0. The molecule has 0 heterocycles. The molecule has 0 saturated heterocycles. The van der Waals surface area contributed by atoms with Crippen LogP contribution in [0.2, 0.25) is 0 Å². The van der Waals surface area contributed by atoms with Crippen LogP contribution in [0.4, 0.5) is 18.0 Å². The first kappa shape index (κ1) is 17.0. The van der Waals surface area contributed by atoms with Crippen LogP contribution in [0.5, 0.6) is 5.75 Å². The zero-order chi connectivity index (χ0) is 13.1. The molecule has 1 unspecified atom stereocenters. The average Bonchev–Trinajstić information content (AvgIpc) is 2.15.